The van der Waals surface area contributed by atoms with E-state index in [0.29, 0.717) is 37.2 Å². The molecule has 2 fully saturated rings. The third-order valence-corrected chi connectivity index (χ3v) is 6.42. The summed E-state index contributed by atoms with van der Waals surface area (Å²) >= 11 is 3.44. The maximum Gasteiger partial charge on any atom is 0.283 e. The van der Waals surface area contributed by atoms with E-state index in [0.717, 1.165) is 23.0 Å². The fourth-order valence-corrected chi connectivity index (χ4v) is 4.66. The molecule has 2 aliphatic heterocycles. The summed E-state index contributed by atoms with van der Waals surface area (Å²) in [4.78, 5) is 29.2. The number of likely N-dealkylation sites (tertiary alicyclic amines) is 1. The molecular formula is C22H21BrN4O4. The number of halogens is 1. The highest BCUT2D eigenvalue weighted by atomic mass is 79.9. The van der Waals surface area contributed by atoms with E-state index in [4.69, 9.17) is 8.83 Å². The maximum absolute atomic E-state index is 13.1. The van der Waals surface area contributed by atoms with Crippen molar-refractivity contribution in [2.24, 2.45) is 5.92 Å². The van der Waals surface area contributed by atoms with Gasteiger partial charge in [0, 0.05) is 42.1 Å². The van der Waals surface area contributed by atoms with Crippen LogP contribution in [0.1, 0.15) is 31.1 Å². The van der Waals surface area contributed by atoms with Gasteiger partial charge in [0.25, 0.3) is 5.89 Å². The van der Waals surface area contributed by atoms with Gasteiger partial charge in [0.1, 0.15) is 0 Å². The molecule has 31 heavy (non-hydrogen) atoms. The SMILES string of the molecule is O=C(C1CC(=O)N(c2cccc(Br)c2)C1)N1CCC(c2nnc(-c3ccco3)o2)CC1. The van der Waals surface area contributed by atoms with Crippen molar-refractivity contribution in [1.82, 2.24) is 15.1 Å². The first-order valence-corrected chi connectivity index (χ1v) is 11.1. The van der Waals surface area contributed by atoms with Gasteiger partial charge in [0.2, 0.25) is 17.7 Å². The van der Waals surface area contributed by atoms with Crippen LogP contribution in [0.2, 0.25) is 0 Å². The highest BCUT2D eigenvalue weighted by molar-refractivity contribution is 9.10. The number of nitrogens with zero attached hydrogens (tertiary/aromatic N) is 4. The minimum atomic E-state index is -0.308. The van der Waals surface area contributed by atoms with Crippen molar-refractivity contribution in [1.29, 1.82) is 0 Å². The van der Waals surface area contributed by atoms with Crippen molar-refractivity contribution in [2.75, 3.05) is 24.5 Å². The summed E-state index contributed by atoms with van der Waals surface area (Å²) in [5, 5.41) is 8.23. The fourth-order valence-electron chi connectivity index (χ4n) is 4.27. The molecule has 1 unspecified atom stereocenters. The summed E-state index contributed by atoms with van der Waals surface area (Å²) < 4.78 is 12.0. The van der Waals surface area contributed by atoms with Crippen LogP contribution in [0.4, 0.5) is 5.69 Å². The Bertz CT molecular complexity index is 1090. The second-order valence-corrected chi connectivity index (χ2v) is 8.82. The lowest BCUT2D eigenvalue weighted by Crippen LogP contribution is -2.42. The van der Waals surface area contributed by atoms with Gasteiger partial charge in [0.15, 0.2) is 5.76 Å². The Labute approximate surface area is 187 Å². The Morgan fingerprint density at radius 1 is 1.13 bits per heavy atom. The van der Waals surface area contributed by atoms with E-state index in [1.165, 1.54) is 0 Å². The number of carbonyl (C=O) groups excluding carboxylic acids is 2. The molecule has 2 aromatic heterocycles. The van der Waals surface area contributed by atoms with Gasteiger partial charge < -0.3 is 18.6 Å². The van der Waals surface area contributed by atoms with Gasteiger partial charge in [-0.1, -0.05) is 22.0 Å². The van der Waals surface area contributed by atoms with Crippen LogP contribution >= 0.6 is 15.9 Å². The Balaban J connectivity index is 1.19. The molecule has 1 aromatic carbocycles. The summed E-state index contributed by atoms with van der Waals surface area (Å²) in [5.41, 5.74) is 0.817. The number of hydrogen-bond acceptors (Lipinski definition) is 6. The van der Waals surface area contributed by atoms with E-state index >= 15 is 0 Å². The number of hydrogen-bond donors (Lipinski definition) is 0. The third kappa shape index (κ3) is 4.01. The van der Waals surface area contributed by atoms with Gasteiger partial charge >= 0.3 is 0 Å². The van der Waals surface area contributed by atoms with Crippen molar-refractivity contribution < 1.29 is 18.4 Å². The molecule has 0 spiro atoms. The first kappa shape index (κ1) is 20.0. The number of amides is 2. The molecule has 2 aliphatic rings. The molecular weight excluding hydrogens is 464 g/mol. The molecule has 0 N–H and O–H groups in total. The number of aromatic nitrogens is 2. The Morgan fingerprint density at radius 3 is 2.71 bits per heavy atom. The summed E-state index contributed by atoms with van der Waals surface area (Å²) in [5.74, 6) is 1.34. The Morgan fingerprint density at radius 2 is 1.97 bits per heavy atom. The standard InChI is InChI=1S/C22H21BrN4O4/c23-16-3-1-4-17(12-16)27-13-15(11-19(27)28)22(29)26-8-6-14(7-9-26)20-24-25-21(31-20)18-5-2-10-30-18/h1-5,10,12,14-15H,6-9,11,13H2. The lowest BCUT2D eigenvalue weighted by molar-refractivity contribution is -0.136. The predicted molar refractivity (Wildman–Crippen MR) is 115 cm³/mol. The summed E-state index contributed by atoms with van der Waals surface area (Å²) in [6.07, 6.45) is 3.32. The van der Waals surface area contributed by atoms with E-state index in [-0.39, 0.29) is 30.1 Å². The number of benzene rings is 1. The topological polar surface area (TPSA) is 92.7 Å². The highest BCUT2D eigenvalue weighted by Crippen LogP contribution is 2.32. The van der Waals surface area contributed by atoms with Crippen LogP contribution in [-0.4, -0.2) is 46.5 Å². The number of carbonyl (C=O) groups is 2. The van der Waals surface area contributed by atoms with Crippen LogP contribution in [0.25, 0.3) is 11.7 Å². The normalized spacial score (nSPS) is 19.9. The largest absolute Gasteiger partial charge is 0.459 e. The minimum absolute atomic E-state index is 0.0114. The quantitative estimate of drug-likeness (QED) is 0.558. The molecule has 0 aliphatic carbocycles. The first-order valence-electron chi connectivity index (χ1n) is 10.3. The van der Waals surface area contributed by atoms with E-state index in [2.05, 4.69) is 26.1 Å². The maximum atomic E-state index is 13.1. The van der Waals surface area contributed by atoms with Gasteiger partial charge in [-0.05, 0) is 43.2 Å². The second-order valence-electron chi connectivity index (χ2n) is 7.91. The first-order chi connectivity index (χ1) is 15.1. The predicted octanol–water partition coefficient (Wildman–Crippen LogP) is 3.85. The van der Waals surface area contributed by atoms with Crippen molar-refractivity contribution in [3.8, 4) is 11.7 Å². The van der Waals surface area contributed by atoms with Crippen molar-refractivity contribution >= 4 is 33.4 Å². The zero-order valence-electron chi connectivity index (χ0n) is 16.7. The molecule has 5 rings (SSSR count). The summed E-state index contributed by atoms with van der Waals surface area (Å²) in [6, 6.07) is 11.1. The molecule has 0 bridgehead atoms. The molecule has 4 heterocycles. The van der Waals surface area contributed by atoms with Crippen molar-refractivity contribution in [3.63, 3.8) is 0 Å². The van der Waals surface area contributed by atoms with Crippen molar-refractivity contribution in [3.05, 3.63) is 53.0 Å². The summed E-state index contributed by atoms with van der Waals surface area (Å²) in [7, 11) is 0. The van der Waals surface area contributed by atoms with Gasteiger partial charge in [-0.3, -0.25) is 9.59 Å². The van der Waals surface area contributed by atoms with Gasteiger partial charge in [-0.2, -0.15) is 0 Å². The van der Waals surface area contributed by atoms with Crippen LogP contribution < -0.4 is 4.90 Å². The van der Waals surface area contributed by atoms with Crippen LogP contribution in [0.15, 0.2) is 56.0 Å². The lowest BCUT2D eigenvalue weighted by atomic mass is 9.95. The average Bonchev–Trinajstić information content (AvgIpc) is 3.54. The smallest absolute Gasteiger partial charge is 0.283 e. The average molecular weight is 485 g/mol. The molecule has 0 saturated carbocycles. The second kappa shape index (κ2) is 8.30. The minimum Gasteiger partial charge on any atom is -0.459 e. The van der Waals surface area contributed by atoms with Crippen LogP contribution in [-0.2, 0) is 9.59 Å². The molecule has 1 atom stereocenters. The lowest BCUT2D eigenvalue weighted by Gasteiger charge is -2.32. The zero-order valence-corrected chi connectivity index (χ0v) is 18.3. The Hall–Kier alpha value is -2.94. The molecule has 8 nitrogen and oxygen atoms in total. The third-order valence-electron chi connectivity index (χ3n) is 5.92. The number of rotatable bonds is 4. The van der Waals surface area contributed by atoms with Crippen LogP contribution in [0.5, 0.6) is 0 Å². The van der Waals surface area contributed by atoms with Gasteiger partial charge in [-0.15, -0.1) is 10.2 Å². The zero-order chi connectivity index (χ0) is 21.4. The molecule has 160 valence electrons. The Kier molecular flexibility index (Phi) is 5.35. The van der Waals surface area contributed by atoms with E-state index in [1.54, 1.807) is 23.3 Å². The number of anilines is 1. The fraction of sp³-hybridized carbons (Fsp3) is 0.364. The van der Waals surface area contributed by atoms with E-state index in [9.17, 15) is 9.59 Å². The molecule has 9 heteroatoms. The van der Waals surface area contributed by atoms with Crippen LogP contribution in [0.3, 0.4) is 0 Å². The number of furan rings is 1. The van der Waals surface area contributed by atoms with Gasteiger partial charge in [0.05, 0.1) is 12.2 Å². The number of piperidine rings is 1. The molecule has 0 radical (unpaired) electrons. The monoisotopic (exact) mass is 484 g/mol. The van der Waals surface area contributed by atoms with Gasteiger partial charge in [-0.25, -0.2) is 0 Å². The van der Waals surface area contributed by atoms with Crippen molar-refractivity contribution in [2.45, 2.75) is 25.2 Å². The van der Waals surface area contributed by atoms with E-state index in [1.807, 2.05) is 29.2 Å². The summed E-state index contributed by atoms with van der Waals surface area (Å²) in [6.45, 7) is 1.65. The van der Waals surface area contributed by atoms with E-state index < -0.39 is 0 Å². The highest BCUT2D eigenvalue weighted by Gasteiger charge is 2.38. The molecule has 2 saturated heterocycles. The van der Waals surface area contributed by atoms with Crippen LogP contribution in [0, 0.1) is 5.92 Å². The molecule has 2 amide bonds. The molecule has 3 aromatic rings.